The van der Waals surface area contributed by atoms with Gasteiger partial charge in [-0.3, -0.25) is 10.1 Å². The van der Waals surface area contributed by atoms with E-state index in [4.69, 9.17) is 0 Å². The third-order valence-corrected chi connectivity index (χ3v) is 4.93. The average Bonchev–Trinajstić information content (AvgIpc) is 2.56. The maximum atomic E-state index is 12.3. The van der Waals surface area contributed by atoms with Gasteiger partial charge in [-0.1, -0.05) is 48.0 Å². The molecule has 2 aromatic rings. The highest BCUT2D eigenvalue weighted by Gasteiger charge is 2.29. The SMILES string of the molecule is Cc1ccc(S(=O)(=O)NN[C@H](c2ccccc2)[C@@H](C)[N+](=O)[O-])cc1. The van der Waals surface area contributed by atoms with Crippen LogP contribution in [0.15, 0.2) is 59.5 Å². The highest BCUT2D eigenvalue weighted by Crippen LogP contribution is 2.18. The molecule has 128 valence electrons. The molecule has 0 aromatic heterocycles. The summed E-state index contributed by atoms with van der Waals surface area (Å²) in [6, 6.07) is 13.2. The lowest BCUT2D eigenvalue weighted by Gasteiger charge is -2.20. The first kappa shape index (κ1) is 18.1. The molecule has 0 heterocycles. The number of hydrogen-bond acceptors (Lipinski definition) is 5. The van der Waals surface area contributed by atoms with E-state index in [0.29, 0.717) is 5.56 Å². The van der Waals surface area contributed by atoms with E-state index in [1.807, 2.05) is 6.92 Å². The van der Waals surface area contributed by atoms with E-state index in [-0.39, 0.29) is 4.90 Å². The highest BCUT2D eigenvalue weighted by atomic mass is 32.2. The Kier molecular flexibility index (Phi) is 5.66. The van der Waals surface area contributed by atoms with Crippen LogP contribution in [-0.2, 0) is 10.0 Å². The first-order valence-corrected chi connectivity index (χ1v) is 8.82. The molecule has 0 saturated carbocycles. The summed E-state index contributed by atoms with van der Waals surface area (Å²) >= 11 is 0. The maximum absolute atomic E-state index is 12.3. The van der Waals surface area contributed by atoms with E-state index < -0.39 is 27.0 Å². The van der Waals surface area contributed by atoms with E-state index >= 15 is 0 Å². The van der Waals surface area contributed by atoms with Crippen LogP contribution in [0.3, 0.4) is 0 Å². The van der Waals surface area contributed by atoms with Crippen molar-refractivity contribution in [3.63, 3.8) is 0 Å². The first-order chi connectivity index (χ1) is 11.3. The second-order valence-corrected chi connectivity index (χ2v) is 7.16. The van der Waals surface area contributed by atoms with Crippen LogP contribution < -0.4 is 10.3 Å². The Bertz CT molecular complexity index is 792. The van der Waals surface area contributed by atoms with Crippen LogP contribution in [0.1, 0.15) is 24.1 Å². The van der Waals surface area contributed by atoms with Gasteiger partial charge in [0, 0.05) is 11.8 Å². The number of nitro groups is 1. The molecule has 2 rings (SSSR count). The molecule has 2 atom stereocenters. The molecular weight excluding hydrogens is 330 g/mol. The van der Waals surface area contributed by atoms with Crippen molar-refractivity contribution in [3.05, 3.63) is 75.8 Å². The molecule has 0 aliphatic rings. The molecule has 7 nitrogen and oxygen atoms in total. The van der Waals surface area contributed by atoms with Gasteiger partial charge in [-0.15, -0.1) is 4.83 Å². The zero-order valence-electron chi connectivity index (χ0n) is 13.3. The molecule has 2 aromatic carbocycles. The van der Waals surface area contributed by atoms with Gasteiger partial charge in [0.15, 0.2) is 0 Å². The topological polar surface area (TPSA) is 101 Å². The molecular formula is C16H19N3O4S. The second-order valence-electron chi connectivity index (χ2n) is 5.48. The van der Waals surface area contributed by atoms with Crippen LogP contribution in [0.25, 0.3) is 0 Å². The minimum Gasteiger partial charge on any atom is -0.264 e. The number of nitrogens with one attached hydrogen (secondary N) is 2. The number of aryl methyl sites for hydroxylation is 1. The lowest BCUT2D eigenvalue weighted by molar-refractivity contribution is -0.523. The number of hydrogen-bond donors (Lipinski definition) is 2. The van der Waals surface area contributed by atoms with Crippen molar-refractivity contribution < 1.29 is 13.3 Å². The smallest absolute Gasteiger partial charge is 0.253 e. The van der Waals surface area contributed by atoms with Crippen LogP contribution in [-0.4, -0.2) is 19.4 Å². The number of benzene rings is 2. The van der Waals surface area contributed by atoms with Crippen molar-refractivity contribution in [3.8, 4) is 0 Å². The molecule has 24 heavy (non-hydrogen) atoms. The fourth-order valence-electron chi connectivity index (χ4n) is 2.18. The largest absolute Gasteiger partial charge is 0.264 e. The summed E-state index contributed by atoms with van der Waals surface area (Å²) in [6.45, 7) is 3.27. The van der Waals surface area contributed by atoms with Gasteiger partial charge < -0.3 is 0 Å². The van der Waals surface area contributed by atoms with Gasteiger partial charge in [0.25, 0.3) is 10.0 Å². The van der Waals surface area contributed by atoms with Crippen molar-refractivity contribution in [2.45, 2.75) is 30.8 Å². The third kappa shape index (κ3) is 4.38. The monoisotopic (exact) mass is 349 g/mol. The van der Waals surface area contributed by atoms with Crippen molar-refractivity contribution in [2.24, 2.45) is 0 Å². The molecule has 0 fully saturated rings. The molecule has 0 radical (unpaired) electrons. The van der Waals surface area contributed by atoms with Gasteiger partial charge in [0.05, 0.1) is 4.90 Å². The fourth-order valence-corrected chi connectivity index (χ4v) is 3.08. The minimum atomic E-state index is -3.82. The number of sulfonamides is 1. The Labute approximate surface area is 140 Å². The summed E-state index contributed by atoms with van der Waals surface area (Å²) in [7, 11) is -3.82. The standard InChI is InChI=1S/C16H19N3O4S/c1-12-8-10-15(11-9-12)24(22,23)18-17-16(13(2)19(20)21)14-6-4-3-5-7-14/h3-11,13,16-18H,1-2H3/t13-,16+/m1/s1. The lowest BCUT2D eigenvalue weighted by Crippen LogP contribution is -2.45. The summed E-state index contributed by atoms with van der Waals surface area (Å²) < 4.78 is 24.7. The normalized spacial score (nSPS) is 14.1. The molecule has 2 N–H and O–H groups in total. The summed E-state index contributed by atoms with van der Waals surface area (Å²) in [5.41, 5.74) is 4.15. The highest BCUT2D eigenvalue weighted by molar-refractivity contribution is 7.89. The van der Waals surface area contributed by atoms with Gasteiger partial charge in [-0.05, 0) is 24.6 Å². The third-order valence-electron chi connectivity index (χ3n) is 3.65. The van der Waals surface area contributed by atoms with E-state index in [9.17, 15) is 18.5 Å². The van der Waals surface area contributed by atoms with E-state index in [2.05, 4.69) is 10.3 Å². The molecule has 0 bridgehead atoms. The van der Waals surface area contributed by atoms with Crippen LogP contribution in [0.2, 0.25) is 0 Å². The zero-order chi connectivity index (χ0) is 17.7. The first-order valence-electron chi connectivity index (χ1n) is 7.34. The molecule has 0 aliphatic carbocycles. The molecule has 0 spiro atoms. The average molecular weight is 349 g/mol. The van der Waals surface area contributed by atoms with E-state index in [0.717, 1.165) is 5.56 Å². The zero-order valence-corrected chi connectivity index (χ0v) is 14.2. The second kappa shape index (κ2) is 7.52. The summed E-state index contributed by atoms with van der Waals surface area (Å²) in [5.74, 6) is 0. The molecule has 0 amide bonds. The number of hydrazine groups is 1. The molecule has 8 heteroatoms. The number of rotatable bonds is 7. The lowest BCUT2D eigenvalue weighted by atomic mass is 10.0. The minimum absolute atomic E-state index is 0.0844. The Balaban J connectivity index is 2.21. The summed E-state index contributed by atoms with van der Waals surface area (Å²) in [4.78, 5) is 13.0. The maximum Gasteiger partial charge on any atom is 0.253 e. The van der Waals surface area contributed by atoms with Crippen molar-refractivity contribution in [1.82, 2.24) is 10.3 Å². The van der Waals surface area contributed by atoms with Crippen molar-refractivity contribution >= 4 is 10.0 Å². The Morgan fingerprint density at radius 3 is 2.17 bits per heavy atom. The summed E-state index contributed by atoms with van der Waals surface area (Å²) in [5, 5.41) is 11.1. The van der Waals surface area contributed by atoms with Gasteiger partial charge >= 0.3 is 0 Å². The van der Waals surface area contributed by atoms with Crippen LogP contribution in [0.5, 0.6) is 0 Å². The Morgan fingerprint density at radius 2 is 1.62 bits per heavy atom. The predicted molar refractivity (Wildman–Crippen MR) is 90.3 cm³/mol. The van der Waals surface area contributed by atoms with Gasteiger partial charge in [-0.2, -0.15) is 0 Å². The molecule has 0 unspecified atom stereocenters. The van der Waals surface area contributed by atoms with E-state index in [1.54, 1.807) is 42.5 Å². The van der Waals surface area contributed by atoms with Crippen LogP contribution >= 0.6 is 0 Å². The van der Waals surface area contributed by atoms with Crippen molar-refractivity contribution in [2.75, 3.05) is 0 Å². The Morgan fingerprint density at radius 1 is 1.04 bits per heavy atom. The molecule has 0 aliphatic heterocycles. The molecule has 0 saturated heterocycles. The van der Waals surface area contributed by atoms with Gasteiger partial charge in [-0.25, -0.2) is 13.8 Å². The van der Waals surface area contributed by atoms with Crippen LogP contribution in [0.4, 0.5) is 0 Å². The fraction of sp³-hybridized carbons (Fsp3) is 0.250. The Hall–Kier alpha value is -2.29. The van der Waals surface area contributed by atoms with Gasteiger partial charge in [0.2, 0.25) is 6.04 Å². The van der Waals surface area contributed by atoms with E-state index in [1.165, 1.54) is 19.1 Å². The predicted octanol–water partition coefficient (Wildman–Crippen LogP) is 2.18. The van der Waals surface area contributed by atoms with Crippen LogP contribution in [0, 0.1) is 17.0 Å². The summed E-state index contributed by atoms with van der Waals surface area (Å²) in [6.07, 6.45) is 0. The quantitative estimate of drug-likeness (QED) is 0.589. The number of nitrogens with zero attached hydrogens (tertiary/aromatic N) is 1. The van der Waals surface area contributed by atoms with Gasteiger partial charge in [0.1, 0.15) is 6.04 Å². The van der Waals surface area contributed by atoms with Crippen molar-refractivity contribution in [1.29, 1.82) is 0 Å².